The van der Waals surface area contributed by atoms with Crippen molar-refractivity contribution in [1.82, 2.24) is 5.32 Å². The number of rotatable bonds is 4. The van der Waals surface area contributed by atoms with E-state index >= 15 is 0 Å². The normalized spacial score (nSPS) is 21.8. The second-order valence-electron chi connectivity index (χ2n) is 5.77. The van der Waals surface area contributed by atoms with Crippen LogP contribution in [-0.4, -0.2) is 24.0 Å². The molecule has 0 spiro atoms. The molecule has 0 bridgehead atoms. The summed E-state index contributed by atoms with van der Waals surface area (Å²) in [6.07, 6.45) is 1.36. The van der Waals surface area contributed by atoms with Gasteiger partial charge >= 0.3 is 6.09 Å². The molecule has 19 heavy (non-hydrogen) atoms. The summed E-state index contributed by atoms with van der Waals surface area (Å²) in [7, 11) is 0. The summed E-state index contributed by atoms with van der Waals surface area (Å²) in [5, 5.41) is 2.71. The Hall–Kier alpha value is -1.55. The molecule has 4 nitrogen and oxygen atoms in total. The van der Waals surface area contributed by atoms with E-state index in [2.05, 4.69) is 17.4 Å². The van der Waals surface area contributed by atoms with Crippen molar-refractivity contribution in [1.29, 1.82) is 0 Å². The van der Waals surface area contributed by atoms with Crippen LogP contribution in [0.4, 0.5) is 4.79 Å². The van der Waals surface area contributed by atoms with Crippen molar-refractivity contribution < 1.29 is 14.3 Å². The molecule has 0 aliphatic carbocycles. The number of nitrogens with one attached hydrogen (secondary N) is 1. The Balaban J connectivity index is 1.66. The first-order chi connectivity index (χ1) is 8.94. The molecular formula is C15H21NO3. The van der Waals surface area contributed by atoms with E-state index < -0.39 is 11.7 Å². The standard InChI is InChI=1S/C15H21NO3/c1-15(2,3)19-14(17)16-13-12(18-13)10-9-11-7-5-4-6-8-11/h4-8,12-13H,9-10H2,1-3H3,(H,16,17)/t12-,13+/m1/s1. The fraction of sp³-hybridized carbons (Fsp3) is 0.533. The van der Waals surface area contributed by atoms with Crippen LogP contribution in [0.3, 0.4) is 0 Å². The minimum Gasteiger partial charge on any atom is -0.444 e. The van der Waals surface area contributed by atoms with Crippen LogP contribution in [-0.2, 0) is 15.9 Å². The summed E-state index contributed by atoms with van der Waals surface area (Å²) < 4.78 is 10.6. The molecule has 1 saturated heterocycles. The average molecular weight is 263 g/mol. The van der Waals surface area contributed by atoms with Crippen LogP contribution in [0.2, 0.25) is 0 Å². The molecule has 1 fully saturated rings. The molecular weight excluding hydrogens is 242 g/mol. The number of ether oxygens (including phenoxy) is 2. The maximum absolute atomic E-state index is 11.5. The van der Waals surface area contributed by atoms with E-state index in [9.17, 15) is 4.79 Å². The summed E-state index contributed by atoms with van der Waals surface area (Å²) in [4.78, 5) is 11.5. The van der Waals surface area contributed by atoms with E-state index in [1.807, 2.05) is 39.0 Å². The Labute approximate surface area is 114 Å². The van der Waals surface area contributed by atoms with Gasteiger partial charge in [0.15, 0.2) is 6.23 Å². The second kappa shape index (κ2) is 5.61. The lowest BCUT2D eigenvalue weighted by Gasteiger charge is -2.19. The molecule has 0 saturated carbocycles. The van der Waals surface area contributed by atoms with E-state index in [0.717, 1.165) is 12.8 Å². The van der Waals surface area contributed by atoms with E-state index in [0.29, 0.717) is 0 Å². The van der Waals surface area contributed by atoms with E-state index in [1.165, 1.54) is 5.56 Å². The van der Waals surface area contributed by atoms with E-state index in [4.69, 9.17) is 9.47 Å². The van der Waals surface area contributed by atoms with Crippen molar-refractivity contribution in [2.75, 3.05) is 0 Å². The first-order valence-electron chi connectivity index (χ1n) is 6.63. The highest BCUT2D eigenvalue weighted by molar-refractivity contribution is 5.68. The largest absolute Gasteiger partial charge is 0.444 e. The summed E-state index contributed by atoms with van der Waals surface area (Å²) in [5.41, 5.74) is 0.812. The molecule has 1 N–H and O–H groups in total. The summed E-state index contributed by atoms with van der Waals surface area (Å²) in [6, 6.07) is 10.3. The van der Waals surface area contributed by atoms with E-state index in [-0.39, 0.29) is 12.3 Å². The van der Waals surface area contributed by atoms with Gasteiger partial charge in [-0.05, 0) is 39.2 Å². The Morgan fingerprint density at radius 1 is 1.32 bits per heavy atom. The van der Waals surface area contributed by atoms with Gasteiger partial charge in [-0.1, -0.05) is 30.3 Å². The SMILES string of the molecule is CC(C)(C)OC(=O)N[C@H]1O[C@@H]1CCc1ccccc1. The fourth-order valence-corrected chi connectivity index (χ4v) is 1.87. The third kappa shape index (κ3) is 4.91. The minimum atomic E-state index is -0.474. The van der Waals surface area contributed by atoms with Crippen LogP contribution >= 0.6 is 0 Å². The molecule has 0 unspecified atom stereocenters. The topological polar surface area (TPSA) is 50.9 Å². The zero-order valence-electron chi connectivity index (χ0n) is 11.7. The second-order valence-corrected chi connectivity index (χ2v) is 5.77. The van der Waals surface area contributed by atoms with Crippen molar-refractivity contribution in [2.45, 2.75) is 51.5 Å². The molecule has 2 atom stereocenters. The predicted octanol–water partition coefficient (Wildman–Crippen LogP) is 2.87. The van der Waals surface area contributed by atoms with Gasteiger partial charge < -0.3 is 9.47 Å². The van der Waals surface area contributed by atoms with Gasteiger partial charge in [-0.15, -0.1) is 0 Å². The summed E-state index contributed by atoms with van der Waals surface area (Å²) in [5.74, 6) is 0. The molecule has 1 aromatic rings. The highest BCUT2D eigenvalue weighted by Gasteiger charge is 2.40. The number of hydrogen-bond acceptors (Lipinski definition) is 3. The van der Waals surface area contributed by atoms with Gasteiger partial charge in [0.1, 0.15) is 11.7 Å². The number of epoxide rings is 1. The predicted molar refractivity (Wildman–Crippen MR) is 72.8 cm³/mol. The van der Waals surface area contributed by atoms with Crippen molar-refractivity contribution >= 4 is 6.09 Å². The third-order valence-electron chi connectivity index (χ3n) is 2.80. The Morgan fingerprint density at radius 3 is 2.63 bits per heavy atom. The van der Waals surface area contributed by atoms with Crippen molar-refractivity contribution in [3.8, 4) is 0 Å². The molecule has 1 aliphatic heterocycles. The number of amides is 1. The van der Waals surface area contributed by atoms with Gasteiger partial charge in [-0.3, -0.25) is 5.32 Å². The quantitative estimate of drug-likeness (QED) is 0.850. The monoisotopic (exact) mass is 263 g/mol. The van der Waals surface area contributed by atoms with Crippen LogP contribution in [0.15, 0.2) is 30.3 Å². The molecule has 1 heterocycles. The van der Waals surface area contributed by atoms with Gasteiger partial charge in [0, 0.05) is 0 Å². The Kier molecular flexibility index (Phi) is 4.10. The number of aryl methyl sites for hydroxylation is 1. The van der Waals surface area contributed by atoms with Crippen LogP contribution in [0.5, 0.6) is 0 Å². The lowest BCUT2D eigenvalue weighted by atomic mass is 10.1. The van der Waals surface area contributed by atoms with Gasteiger partial charge in [-0.2, -0.15) is 0 Å². The summed E-state index contributed by atoms with van der Waals surface area (Å²) in [6.45, 7) is 5.52. The number of hydrogen-bond donors (Lipinski definition) is 1. The van der Waals surface area contributed by atoms with Crippen molar-refractivity contribution in [2.24, 2.45) is 0 Å². The summed E-state index contributed by atoms with van der Waals surface area (Å²) >= 11 is 0. The first-order valence-corrected chi connectivity index (χ1v) is 6.63. The Bertz CT molecular complexity index is 425. The highest BCUT2D eigenvalue weighted by atomic mass is 16.6. The lowest BCUT2D eigenvalue weighted by Crippen LogP contribution is -2.34. The van der Waals surface area contributed by atoms with E-state index in [1.54, 1.807) is 0 Å². The third-order valence-corrected chi connectivity index (χ3v) is 2.80. The molecule has 2 rings (SSSR count). The minimum absolute atomic E-state index is 0.104. The fourth-order valence-electron chi connectivity index (χ4n) is 1.87. The van der Waals surface area contributed by atoms with Gasteiger partial charge in [0.05, 0.1) is 0 Å². The molecule has 0 aromatic heterocycles. The molecule has 104 valence electrons. The molecule has 4 heteroatoms. The zero-order valence-corrected chi connectivity index (χ0v) is 11.7. The van der Waals surface area contributed by atoms with Crippen molar-refractivity contribution in [3.05, 3.63) is 35.9 Å². The number of benzene rings is 1. The van der Waals surface area contributed by atoms with Crippen LogP contribution in [0.25, 0.3) is 0 Å². The lowest BCUT2D eigenvalue weighted by molar-refractivity contribution is 0.0503. The van der Waals surface area contributed by atoms with Crippen LogP contribution in [0.1, 0.15) is 32.8 Å². The smallest absolute Gasteiger partial charge is 0.409 e. The van der Waals surface area contributed by atoms with Crippen LogP contribution < -0.4 is 5.32 Å². The van der Waals surface area contributed by atoms with Gasteiger partial charge in [0.2, 0.25) is 0 Å². The van der Waals surface area contributed by atoms with Gasteiger partial charge in [0.25, 0.3) is 0 Å². The maximum atomic E-state index is 11.5. The highest BCUT2D eigenvalue weighted by Crippen LogP contribution is 2.25. The number of carbonyl (C=O) groups excluding carboxylic acids is 1. The zero-order chi connectivity index (χ0) is 13.9. The molecule has 1 aromatic carbocycles. The van der Waals surface area contributed by atoms with Crippen molar-refractivity contribution in [3.63, 3.8) is 0 Å². The molecule has 1 amide bonds. The number of carbonyl (C=O) groups is 1. The van der Waals surface area contributed by atoms with Crippen LogP contribution in [0, 0.1) is 0 Å². The average Bonchev–Trinajstić information content (AvgIpc) is 3.03. The first kappa shape index (κ1) is 13.9. The Morgan fingerprint density at radius 2 is 2.00 bits per heavy atom. The maximum Gasteiger partial charge on any atom is 0.409 e. The number of alkyl carbamates (subject to hydrolysis) is 1. The molecule has 1 aliphatic rings. The van der Waals surface area contributed by atoms with Gasteiger partial charge in [-0.25, -0.2) is 4.79 Å². The molecule has 0 radical (unpaired) electrons.